The highest BCUT2D eigenvalue weighted by molar-refractivity contribution is 9.10. The molecule has 0 amide bonds. The van der Waals surface area contributed by atoms with Crippen molar-refractivity contribution in [3.63, 3.8) is 0 Å². The molecule has 5 nitrogen and oxygen atoms in total. The first-order valence-corrected chi connectivity index (χ1v) is 7.58. The number of anilines is 1. The van der Waals surface area contributed by atoms with Crippen molar-refractivity contribution in [2.24, 2.45) is 0 Å². The van der Waals surface area contributed by atoms with E-state index in [9.17, 15) is 0 Å². The van der Waals surface area contributed by atoms with Gasteiger partial charge in [-0.25, -0.2) is 4.98 Å². The summed E-state index contributed by atoms with van der Waals surface area (Å²) in [7, 11) is 1.55. The van der Waals surface area contributed by atoms with Crippen molar-refractivity contribution < 1.29 is 9.47 Å². The molecule has 0 bridgehead atoms. The summed E-state index contributed by atoms with van der Waals surface area (Å²) in [6.45, 7) is 2.85. The maximum Gasteiger partial charge on any atom is 0.268 e. The first kappa shape index (κ1) is 15.9. The molecule has 112 valence electrons. The molecule has 1 N–H and O–H groups in total. The van der Waals surface area contributed by atoms with E-state index in [0.717, 1.165) is 17.4 Å². The average Bonchev–Trinajstić information content (AvgIpc) is 2.48. The summed E-state index contributed by atoms with van der Waals surface area (Å²) >= 11 is 9.49. The molecule has 0 spiro atoms. The molecule has 7 heteroatoms. The summed E-state index contributed by atoms with van der Waals surface area (Å²) in [5.41, 5.74) is 0. The Kier molecular flexibility index (Phi) is 5.64. The van der Waals surface area contributed by atoms with Gasteiger partial charge in [0.15, 0.2) is 5.82 Å². The van der Waals surface area contributed by atoms with Crippen LogP contribution < -0.4 is 14.8 Å². The molecule has 0 unspecified atom stereocenters. The van der Waals surface area contributed by atoms with Crippen molar-refractivity contribution in [1.29, 1.82) is 0 Å². The zero-order valence-electron chi connectivity index (χ0n) is 11.7. The van der Waals surface area contributed by atoms with Crippen molar-refractivity contribution in [3.05, 3.63) is 34.0 Å². The second-order valence-corrected chi connectivity index (χ2v) is 5.49. The number of methoxy groups -OCH3 is 1. The van der Waals surface area contributed by atoms with E-state index in [2.05, 4.69) is 38.1 Å². The van der Waals surface area contributed by atoms with Gasteiger partial charge >= 0.3 is 0 Å². The minimum Gasteiger partial charge on any atom is -0.489 e. The Balaban J connectivity index is 2.30. The molecule has 21 heavy (non-hydrogen) atoms. The molecule has 0 atom stereocenters. The van der Waals surface area contributed by atoms with Gasteiger partial charge in [-0.1, -0.05) is 34.5 Å². The lowest BCUT2D eigenvalue weighted by atomic mass is 10.3. The minimum atomic E-state index is 0.315. The standard InChI is InChI=1S/C14H15BrClN3O2/c1-3-6-17-13-12(20-2)14(19-8-18-13)21-11-5-4-9(15)7-10(11)16/h4-5,7-8H,3,6H2,1-2H3,(H,17,18,19). The van der Waals surface area contributed by atoms with E-state index in [0.29, 0.717) is 28.2 Å². The normalized spacial score (nSPS) is 10.3. The molecule has 0 saturated carbocycles. The number of nitrogens with zero attached hydrogens (tertiary/aromatic N) is 2. The van der Waals surface area contributed by atoms with E-state index in [1.807, 2.05) is 6.07 Å². The molecule has 1 heterocycles. The molecule has 0 saturated heterocycles. The van der Waals surface area contributed by atoms with Crippen LogP contribution in [0.4, 0.5) is 5.82 Å². The van der Waals surface area contributed by atoms with Crippen LogP contribution in [0.25, 0.3) is 0 Å². The lowest BCUT2D eigenvalue weighted by Crippen LogP contribution is -2.06. The van der Waals surface area contributed by atoms with Crippen LogP contribution in [0.3, 0.4) is 0 Å². The maximum atomic E-state index is 6.14. The first-order chi connectivity index (χ1) is 10.2. The number of hydrogen-bond acceptors (Lipinski definition) is 5. The van der Waals surface area contributed by atoms with E-state index < -0.39 is 0 Å². The molecule has 0 radical (unpaired) electrons. The van der Waals surface area contributed by atoms with Crippen LogP contribution in [0.2, 0.25) is 5.02 Å². The fraction of sp³-hybridized carbons (Fsp3) is 0.286. The number of ether oxygens (including phenoxy) is 2. The lowest BCUT2D eigenvalue weighted by Gasteiger charge is -2.13. The predicted octanol–water partition coefficient (Wildman–Crippen LogP) is 4.52. The average molecular weight is 373 g/mol. The van der Waals surface area contributed by atoms with Crippen LogP contribution in [0.15, 0.2) is 29.0 Å². The van der Waals surface area contributed by atoms with Crippen molar-refractivity contribution in [2.45, 2.75) is 13.3 Å². The number of aromatic nitrogens is 2. The third-order valence-electron chi connectivity index (χ3n) is 2.62. The molecular formula is C14H15BrClN3O2. The van der Waals surface area contributed by atoms with Gasteiger partial charge in [0.2, 0.25) is 5.75 Å². The molecule has 0 aliphatic rings. The maximum absolute atomic E-state index is 6.14. The molecule has 1 aromatic carbocycles. The van der Waals surface area contributed by atoms with Crippen LogP contribution in [-0.4, -0.2) is 23.6 Å². The molecule has 1 aromatic heterocycles. The summed E-state index contributed by atoms with van der Waals surface area (Å²) in [4.78, 5) is 8.27. The zero-order valence-corrected chi connectivity index (χ0v) is 14.0. The molecule has 0 fully saturated rings. The summed E-state index contributed by atoms with van der Waals surface area (Å²) in [6.07, 6.45) is 2.39. The van der Waals surface area contributed by atoms with Crippen LogP contribution >= 0.6 is 27.5 Å². The smallest absolute Gasteiger partial charge is 0.268 e. The fourth-order valence-electron chi connectivity index (χ4n) is 1.65. The number of nitrogens with one attached hydrogen (secondary N) is 1. The van der Waals surface area contributed by atoms with Crippen molar-refractivity contribution >= 4 is 33.3 Å². The van der Waals surface area contributed by atoms with Gasteiger partial charge in [-0.05, 0) is 24.6 Å². The number of benzene rings is 1. The Morgan fingerprint density at radius 1 is 1.33 bits per heavy atom. The molecule has 2 rings (SSSR count). The van der Waals surface area contributed by atoms with Gasteiger partial charge in [0.1, 0.15) is 12.1 Å². The van der Waals surface area contributed by atoms with Gasteiger partial charge in [-0.15, -0.1) is 0 Å². The van der Waals surface area contributed by atoms with Gasteiger partial charge in [-0.3, -0.25) is 0 Å². The summed E-state index contributed by atoms with van der Waals surface area (Å²) in [5, 5.41) is 3.65. The molecule has 0 aliphatic heterocycles. The Labute approximate surface area is 136 Å². The number of hydrogen-bond donors (Lipinski definition) is 1. The largest absolute Gasteiger partial charge is 0.489 e. The van der Waals surface area contributed by atoms with Crippen LogP contribution in [0.1, 0.15) is 13.3 Å². The Bertz CT molecular complexity index is 625. The topological polar surface area (TPSA) is 56.3 Å². The third kappa shape index (κ3) is 3.98. The first-order valence-electron chi connectivity index (χ1n) is 6.41. The third-order valence-corrected chi connectivity index (χ3v) is 3.41. The second kappa shape index (κ2) is 7.47. The van der Waals surface area contributed by atoms with Crippen molar-refractivity contribution in [3.8, 4) is 17.4 Å². The summed E-state index contributed by atoms with van der Waals surface area (Å²) < 4.78 is 12.0. The predicted molar refractivity (Wildman–Crippen MR) is 86.6 cm³/mol. The van der Waals surface area contributed by atoms with Crippen LogP contribution in [-0.2, 0) is 0 Å². The minimum absolute atomic E-state index is 0.315. The van der Waals surface area contributed by atoms with E-state index >= 15 is 0 Å². The van der Waals surface area contributed by atoms with Gasteiger partial charge < -0.3 is 14.8 Å². The van der Waals surface area contributed by atoms with Crippen molar-refractivity contribution in [1.82, 2.24) is 9.97 Å². The van der Waals surface area contributed by atoms with E-state index in [1.54, 1.807) is 19.2 Å². The fourth-order valence-corrected chi connectivity index (χ4v) is 2.36. The Morgan fingerprint density at radius 2 is 2.14 bits per heavy atom. The lowest BCUT2D eigenvalue weighted by molar-refractivity contribution is 0.369. The van der Waals surface area contributed by atoms with Gasteiger partial charge in [-0.2, -0.15) is 4.98 Å². The Morgan fingerprint density at radius 3 is 2.81 bits per heavy atom. The second-order valence-electron chi connectivity index (χ2n) is 4.16. The molecule has 0 aliphatic carbocycles. The van der Waals surface area contributed by atoms with E-state index in [-0.39, 0.29) is 0 Å². The number of halogens is 2. The van der Waals surface area contributed by atoms with E-state index in [4.69, 9.17) is 21.1 Å². The highest BCUT2D eigenvalue weighted by Gasteiger charge is 2.15. The van der Waals surface area contributed by atoms with Gasteiger partial charge in [0.25, 0.3) is 5.88 Å². The monoisotopic (exact) mass is 371 g/mol. The molecule has 2 aromatic rings. The number of rotatable bonds is 6. The SMILES string of the molecule is CCCNc1ncnc(Oc2ccc(Br)cc2Cl)c1OC. The zero-order chi connectivity index (χ0) is 15.2. The Hall–Kier alpha value is -1.53. The highest BCUT2D eigenvalue weighted by Crippen LogP contribution is 2.37. The van der Waals surface area contributed by atoms with Gasteiger partial charge in [0, 0.05) is 11.0 Å². The van der Waals surface area contributed by atoms with Gasteiger partial charge in [0.05, 0.1) is 12.1 Å². The molecular weight excluding hydrogens is 358 g/mol. The summed E-state index contributed by atoms with van der Waals surface area (Å²) in [5.74, 6) is 1.86. The van der Waals surface area contributed by atoms with E-state index in [1.165, 1.54) is 6.33 Å². The summed E-state index contributed by atoms with van der Waals surface area (Å²) in [6, 6.07) is 5.35. The van der Waals surface area contributed by atoms with Crippen LogP contribution in [0, 0.1) is 0 Å². The highest BCUT2D eigenvalue weighted by atomic mass is 79.9. The quantitative estimate of drug-likeness (QED) is 0.808. The van der Waals surface area contributed by atoms with Crippen molar-refractivity contribution in [2.75, 3.05) is 19.0 Å². The van der Waals surface area contributed by atoms with Crippen LogP contribution in [0.5, 0.6) is 17.4 Å².